The first-order valence-corrected chi connectivity index (χ1v) is 16.9. The minimum absolute atomic E-state index is 1.28. The summed E-state index contributed by atoms with van der Waals surface area (Å²) in [5.74, 6) is 0. The summed E-state index contributed by atoms with van der Waals surface area (Å²) in [6.07, 6.45) is 34.2. The molecule has 2 aliphatic rings. The van der Waals surface area contributed by atoms with E-state index in [-0.39, 0.29) is 0 Å². The molecule has 248 valence electrons. The number of halogens is 6. The van der Waals surface area contributed by atoms with Crippen molar-refractivity contribution in [2.24, 2.45) is 0 Å². The number of unbranched alkanes of at least 4 members (excludes halogenated alkanes) is 10. The van der Waals surface area contributed by atoms with Gasteiger partial charge in [0, 0.05) is 0 Å². The van der Waals surface area contributed by atoms with Crippen molar-refractivity contribution in [3.63, 3.8) is 0 Å². The molecule has 2 heterocycles. The van der Waals surface area contributed by atoms with Crippen molar-refractivity contribution < 1.29 is 53.7 Å². The zero-order valence-corrected chi connectivity index (χ0v) is 25.9. The fourth-order valence-electron chi connectivity index (χ4n) is 3.38. The topological polar surface area (TPSA) is 137 Å². The third kappa shape index (κ3) is 24.8. The second kappa shape index (κ2) is 22.8. The van der Waals surface area contributed by atoms with Gasteiger partial charge in [0.05, 0.1) is 57.9 Å². The van der Waals surface area contributed by atoms with Crippen molar-refractivity contribution in [1.29, 1.82) is 9.56 Å². The lowest BCUT2D eigenvalue weighted by molar-refractivity contribution is -0.787. The van der Waals surface area contributed by atoms with E-state index in [0.29, 0.717) is 0 Å². The highest BCUT2D eigenvalue weighted by atomic mass is 32.2. The Labute approximate surface area is 247 Å². The van der Waals surface area contributed by atoms with Gasteiger partial charge in [0.1, 0.15) is 0 Å². The van der Waals surface area contributed by atoms with Crippen LogP contribution in [0.2, 0.25) is 0 Å². The normalized spacial score (nSPS) is 17.4. The molecule has 0 spiro atoms. The number of allylic oxidation sites excluding steroid dienone is 4. The average Bonchev–Trinajstić information content (AvgIpc) is 3.57. The number of alkyl halides is 6. The van der Waals surface area contributed by atoms with Gasteiger partial charge in [0.15, 0.2) is 0 Å². The van der Waals surface area contributed by atoms with E-state index in [1.54, 1.807) is 0 Å². The summed E-state index contributed by atoms with van der Waals surface area (Å²) in [5, 5.41) is 0. The van der Waals surface area contributed by atoms with Crippen LogP contribution in [0.3, 0.4) is 0 Å². The number of hydrogen-bond donors (Lipinski definition) is 4. The molecule has 16 heteroatoms. The smallest absolute Gasteiger partial charge is 0.466 e. The Balaban J connectivity index is 0. The van der Waals surface area contributed by atoms with E-state index >= 15 is 0 Å². The third-order valence-electron chi connectivity index (χ3n) is 5.71. The summed E-state index contributed by atoms with van der Waals surface area (Å²) in [5.41, 5.74) is -10.8. The lowest BCUT2D eigenvalue weighted by atomic mass is 10.1. The maximum absolute atomic E-state index is 10.8. The monoisotopic (exact) mass is 656 g/mol. The van der Waals surface area contributed by atoms with E-state index < -0.39 is 31.0 Å². The average molecular weight is 657 g/mol. The zero-order valence-electron chi connectivity index (χ0n) is 24.2. The van der Waals surface area contributed by atoms with E-state index in [2.05, 4.69) is 63.0 Å². The fourth-order valence-corrected chi connectivity index (χ4v) is 3.38. The van der Waals surface area contributed by atoms with Crippen molar-refractivity contribution in [3.8, 4) is 0 Å². The van der Waals surface area contributed by atoms with Crippen molar-refractivity contribution >= 4 is 20.0 Å². The van der Waals surface area contributed by atoms with Crippen LogP contribution in [-0.2, 0) is 20.0 Å². The molecule has 0 aromatic heterocycles. The van der Waals surface area contributed by atoms with E-state index in [1.165, 1.54) is 99.9 Å². The molecule has 42 heavy (non-hydrogen) atoms. The fraction of sp³-hybridized carbons (Fsp3) is 0.692. The number of hydrogen-bond acceptors (Lipinski definition) is 6. The first kappa shape index (κ1) is 42.4. The van der Waals surface area contributed by atoms with Gasteiger partial charge in [-0.2, -0.15) is 26.3 Å². The van der Waals surface area contributed by atoms with Crippen LogP contribution in [0.25, 0.3) is 0 Å². The molecular formula is C26H46F6N4O4S2. The molecule has 0 saturated carbocycles. The predicted octanol–water partition coefficient (Wildman–Crippen LogP) is 5.91. The van der Waals surface area contributed by atoms with Crippen LogP contribution in [0.15, 0.2) is 49.1 Å². The minimum atomic E-state index is -5.59. The molecular weight excluding hydrogens is 610 g/mol. The number of quaternary nitrogens is 2. The Morgan fingerprint density at radius 1 is 0.548 bits per heavy atom. The van der Waals surface area contributed by atoms with Gasteiger partial charge < -0.3 is 9.11 Å². The molecule has 4 N–H and O–H groups in total. The zero-order chi connectivity index (χ0) is 32.7. The van der Waals surface area contributed by atoms with Gasteiger partial charge in [-0.1, -0.05) is 65.2 Å². The van der Waals surface area contributed by atoms with Gasteiger partial charge in [-0.05, 0) is 50.0 Å². The van der Waals surface area contributed by atoms with E-state index in [4.69, 9.17) is 9.56 Å². The number of nitrogens with one attached hydrogen (secondary N) is 4. The van der Waals surface area contributed by atoms with E-state index in [9.17, 15) is 43.9 Å². The minimum Gasteiger partial charge on any atom is -0.758 e. The summed E-state index contributed by atoms with van der Waals surface area (Å²) < 4.78 is 112. The van der Waals surface area contributed by atoms with Gasteiger partial charge in [-0.3, -0.25) is 27.8 Å². The summed E-state index contributed by atoms with van der Waals surface area (Å²) in [7, 11) is -11.2. The quantitative estimate of drug-likeness (QED) is 0.136. The molecule has 0 saturated heterocycles. The first-order valence-electron chi connectivity index (χ1n) is 13.9. The molecule has 0 aromatic rings. The van der Waals surface area contributed by atoms with Gasteiger partial charge in [-0.25, -0.2) is 0 Å². The van der Waals surface area contributed by atoms with Gasteiger partial charge in [-0.15, -0.1) is 0 Å². The van der Waals surface area contributed by atoms with Crippen LogP contribution in [0.4, 0.5) is 26.3 Å². The van der Waals surface area contributed by atoms with Crippen molar-refractivity contribution in [1.82, 2.24) is 0 Å². The Hall–Kier alpha value is -1.72. The predicted molar refractivity (Wildman–Crippen MR) is 150 cm³/mol. The van der Waals surface area contributed by atoms with Crippen LogP contribution in [0.5, 0.6) is 0 Å². The van der Waals surface area contributed by atoms with Crippen molar-refractivity contribution in [3.05, 3.63) is 49.1 Å². The van der Waals surface area contributed by atoms with Crippen molar-refractivity contribution in [2.75, 3.05) is 13.1 Å². The molecule has 2 unspecified atom stereocenters. The molecule has 0 amide bonds. The Morgan fingerprint density at radius 3 is 0.976 bits per heavy atom. The molecule has 0 fully saturated rings. The van der Waals surface area contributed by atoms with Crippen LogP contribution >= 0.6 is 0 Å². The molecule has 0 bridgehead atoms. The Bertz CT molecular complexity index is 920. The largest absolute Gasteiger partial charge is 0.758 e. The van der Waals surface area contributed by atoms with E-state index in [1.807, 2.05) is 0 Å². The molecule has 2 aliphatic heterocycles. The number of rotatable bonds is 14. The van der Waals surface area contributed by atoms with Crippen LogP contribution in [0, 0.1) is 9.56 Å². The molecule has 2 atom stereocenters. The van der Waals surface area contributed by atoms with Crippen LogP contribution in [-0.4, -0.2) is 41.6 Å². The third-order valence-corrected chi connectivity index (χ3v) is 6.93. The Kier molecular flexibility index (Phi) is 23.0. The highest BCUT2D eigenvalue weighted by Crippen LogP contribution is 2.21. The second-order valence-corrected chi connectivity index (χ2v) is 12.5. The molecule has 2 rings (SSSR count). The van der Waals surface area contributed by atoms with E-state index in [0.717, 1.165) is 0 Å². The van der Waals surface area contributed by atoms with Gasteiger partial charge >= 0.3 is 11.0 Å². The van der Waals surface area contributed by atoms with Crippen LogP contribution in [0.1, 0.15) is 90.9 Å². The summed E-state index contributed by atoms with van der Waals surface area (Å²) in [6, 6.07) is 0. The van der Waals surface area contributed by atoms with Crippen molar-refractivity contribution in [2.45, 2.75) is 102 Å². The molecule has 0 aromatic carbocycles. The SMILES string of the molecule is CCCCCCCC[NH+]1C=CC=C1.CCCCCCCC[NH+]1C=CC=C1.N=S(=O)([O-])C(F)(F)F.N=S(=O)([O-])C(F)(F)F. The standard InChI is InChI=1S/2C12H21N.2CH2F3NO2S/c2*1-2-3-4-5-6-7-10-13-11-8-9-12-13;2*2-1(3,4)8(5,6)7/h2*8-9,11-12H,2-7,10H2,1H3;2*(H2,5,6,7). The van der Waals surface area contributed by atoms with Gasteiger partial charge in [0.2, 0.25) is 0 Å². The lowest BCUT2D eigenvalue weighted by Crippen LogP contribution is -3.01. The summed E-state index contributed by atoms with van der Waals surface area (Å²) >= 11 is 0. The second-order valence-electron chi connectivity index (χ2n) is 9.52. The molecule has 0 aliphatic carbocycles. The maximum atomic E-state index is 10.8. The highest BCUT2D eigenvalue weighted by molar-refractivity contribution is 7.87. The highest BCUT2D eigenvalue weighted by Gasteiger charge is 2.34. The molecule has 0 radical (unpaired) electrons. The molecule has 8 nitrogen and oxygen atoms in total. The van der Waals surface area contributed by atoms with Crippen LogP contribution < -0.4 is 9.80 Å². The lowest BCUT2D eigenvalue weighted by Gasteiger charge is -2.12. The maximum Gasteiger partial charge on any atom is 0.466 e. The summed E-state index contributed by atoms with van der Waals surface area (Å²) in [6.45, 7) is 7.09. The first-order chi connectivity index (χ1) is 19.4. The Morgan fingerprint density at radius 2 is 0.762 bits per heavy atom. The van der Waals surface area contributed by atoms with Gasteiger partial charge in [0.25, 0.3) is 0 Å². The summed E-state index contributed by atoms with van der Waals surface area (Å²) in [4.78, 5) is 3.02.